The lowest BCUT2D eigenvalue weighted by Crippen LogP contribution is -2.17. The Morgan fingerprint density at radius 1 is 1.06 bits per heavy atom. The molecule has 0 saturated carbocycles. The van der Waals surface area contributed by atoms with E-state index in [1.807, 2.05) is 6.07 Å². The molecule has 4 rings (SSSR count). The fourth-order valence-electron chi connectivity index (χ4n) is 2.83. The molecule has 2 aromatic carbocycles. The van der Waals surface area contributed by atoms with Crippen LogP contribution < -0.4 is 14.2 Å². The lowest BCUT2D eigenvalue weighted by molar-refractivity contribution is -0.274. The quantitative estimate of drug-likeness (QED) is 0.376. The van der Waals surface area contributed by atoms with Crippen molar-refractivity contribution in [3.63, 3.8) is 0 Å². The summed E-state index contributed by atoms with van der Waals surface area (Å²) in [7, 11) is -4.07. The molecule has 0 spiro atoms. The van der Waals surface area contributed by atoms with E-state index in [1.54, 1.807) is 0 Å². The smallest absolute Gasteiger partial charge is 0.455 e. The zero-order valence-corrected chi connectivity index (χ0v) is 18.7. The fourth-order valence-corrected chi connectivity index (χ4v) is 4.52. The maximum absolute atomic E-state index is 12.7. The molecule has 0 unspecified atom stereocenters. The van der Waals surface area contributed by atoms with E-state index in [1.165, 1.54) is 43.0 Å². The van der Waals surface area contributed by atoms with E-state index in [4.69, 9.17) is 4.74 Å². The van der Waals surface area contributed by atoms with Gasteiger partial charge in [0.1, 0.15) is 29.6 Å². The van der Waals surface area contributed by atoms with Crippen LogP contribution in [-0.4, -0.2) is 34.3 Å². The van der Waals surface area contributed by atoms with Crippen LogP contribution in [0.15, 0.2) is 66.1 Å². The molecule has 0 radical (unpaired) electrons. The third-order valence-corrected chi connectivity index (χ3v) is 6.31. The van der Waals surface area contributed by atoms with Crippen molar-refractivity contribution < 1.29 is 31.1 Å². The van der Waals surface area contributed by atoms with Crippen molar-refractivity contribution in [1.82, 2.24) is 19.6 Å². The first-order valence-corrected chi connectivity index (χ1v) is 11.6. The number of nitrogens with zero attached hydrogens (tertiary/aromatic N) is 5. The van der Waals surface area contributed by atoms with E-state index in [9.17, 15) is 26.9 Å². The van der Waals surface area contributed by atoms with Gasteiger partial charge in [0.25, 0.3) is 10.0 Å². The topological polar surface area (TPSA) is 140 Å². The van der Waals surface area contributed by atoms with Crippen molar-refractivity contribution in [3.8, 4) is 34.4 Å². The number of alkyl halides is 3. The largest absolute Gasteiger partial charge is 0.573 e. The van der Waals surface area contributed by atoms with Crippen LogP contribution in [0.2, 0.25) is 0 Å². The standard InChI is InChI=1S/C20H11F3N6O4S2/c21-20(22,23)33-14-1-3-18(16(8-14)12-5-6-26-27-10-12)32-17-4-2-15(7-13(17)9-24)35(30,31)29-19-25-11-28-34-19/h1-8,10-11H,(H,25,28,29). The van der Waals surface area contributed by atoms with Crippen molar-refractivity contribution in [1.29, 1.82) is 5.26 Å². The van der Waals surface area contributed by atoms with Gasteiger partial charge in [0.05, 0.1) is 22.9 Å². The maximum atomic E-state index is 12.7. The zero-order valence-electron chi connectivity index (χ0n) is 17.1. The average molecular weight is 520 g/mol. The molecule has 0 atom stereocenters. The number of sulfonamides is 1. The van der Waals surface area contributed by atoms with Crippen LogP contribution in [0, 0.1) is 11.3 Å². The first kappa shape index (κ1) is 23.9. The number of anilines is 1. The van der Waals surface area contributed by atoms with E-state index in [2.05, 4.69) is 29.0 Å². The van der Waals surface area contributed by atoms with Crippen LogP contribution in [0.4, 0.5) is 18.3 Å². The highest BCUT2D eigenvalue weighted by molar-refractivity contribution is 7.93. The van der Waals surface area contributed by atoms with Crippen molar-refractivity contribution in [2.75, 3.05) is 4.72 Å². The fraction of sp³-hybridized carbons (Fsp3) is 0.0500. The summed E-state index contributed by atoms with van der Waals surface area (Å²) in [5.41, 5.74) is 0.390. The first-order valence-electron chi connectivity index (χ1n) is 9.33. The zero-order chi connectivity index (χ0) is 25.1. The van der Waals surface area contributed by atoms with Crippen molar-refractivity contribution >= 4 is 26.7 Å². The van der Waals surface area contributed by atoms with Crippen molar-refractivity contribution in [2.45, 2.75) is 11.3 Å². The lowest BCUT2D eigenvalue weighted by atomic mass is 10.1. The third kappa shape index (κ3) is 5.80. The molecule has 10 nitrogen and oxygen atoms in total. The average Bonchev–Trinajstić information content (AvgIpc) is 3.32. The SMILES string of the molecule is N#Cc1cc(S(=O)(=O)Nc2ncns2)ccc1Oc1ccc(OC(F)(F)F)cc1-c1ccnnc1. The van der Waals surface area contributed by atoms with Crippen LogP contribution >= 0.6 is 11.5 Å². The molecule has 0 aliphatic heterocycles. The van der Waals surface area contributed by atoms with Crippen LogP contribution in [0.3, 0.4) is 0 Å². The third-order valence-electron chi connectivity index (χ3n) is 4.26. The summed E-state index contributed by atoms with van der Waals surface area (Å²) in [5.74, 6) is -0.469. The van der Waals surface area contributed by atoms with Crippen LogP contribution in [-0.2, 0) is 10.0 Å². The van der Waals surface area contributed by atoms with Crippen LogP contribution in [0.25, 0.3) is 11.1 Å². The summed E-state index contributed by atoms with van der Waals surface area (Å²) >= 11 is 0.832. The molecule has 178 valence electrons. The predicted octanol–water partition coefficient (Wildman–Crippen LogP) is 4.36. The number of hydrogen-bond donors (Lipinski definition) is 1. The minimum atomic E-state index is -4.91. The number of benzene rings is 2. The van der Waals surface area contributed by atoms with Gasteiger partial charge in [-0.2, -0.15) is 19.8 Å². The summed E-state index contributed by atoms with van der Waals surface area (Å²) in [6, 6.07) is 10.2. The van der Waals surface area contributed by atoms with Gasteiger partial charge in [-0.15, -0.1) is 13.2 Å². The number of nitriles is 1. The van der Waals surface area contributed by atoms with E-state index >= 15 is 0 Å². The Morgan fingerprint density at radius 3 is 2.51 bits per heavy atom. The summed E-state index contributed by atoms with van der Waals surface area (Å²) in [6.45, 7) is 0. The second kappa shape index (κ2) is 9.52. The molecule has 2 aromatic heterocycles. The van der Waals surface area contributed by atoms with E-state index in [-0.39, 0.29) is 32.7 Å². The molecular formula is C20H11F3N6O4S2. The van der Waals surface area contributed by atoms with Gasteiger partial charge in [-0.3, -0.25) is 4.72 Å². The molecule has 0 bridgehead atoms. The Bertz CT molecular complexity index is 1490. The Hall–Kier alpha value is -4.29. The van der Waals surface area contributed by atoms with E-state index in [0.29, 0.717) is 5.56 Å². The number of hydrogen-bond acceptors (Lipinski definition) is 10. The first-order chi connectivity index (χ1) is 16.6. The van der Waals surface area contributed by atoms with Gasteiger partial charge in [-0.05, 0) is 42.5 Å². The maximum Gasteiger partial charge on any atom is 0.573 e. The molecule has 0 saturated heterocycles. The monoisotopic (exact) mass is 520 g/mol. The van der Waals surface area contributed by atoms with Gasteiger partial charge in [0, 0.05) is 22.7 Å². The minimum absolute atomic E-state index is 0.0323. The Morgan fingerprint density at radius 2 is 1.86 bits per heavy atom. The van der Waals surface area contributed by atoms with Crippen LogP contribution in [0.5, 0.6) is 17.2 Å². The highest BCUT2D eigenvalue weighted by atomic mass is 32.2. The molecule has 0 aliphatic carbocycles. The number of aromatic nitrogens is 4. The molecule has 0 fully saturated rings. The second-order valence-corrected chi connectivity index (χ2v) is 9.02. The number of nitrogens with one attached hydrogen (secondary N) is 1. The predicted molar refractivity (Wildman–Crippen MR) is 116 cm³/mol. The molecular weight excluding hydrogens is 509 g/mol. The Labute approximate surface area is 199 Å². The number of halogens is 3. The van der Waals surface area contributed by atoms with Gasteiger partial charge in [0.15, 0.2) is 0 Å². The minimum Gasteiger partial charge on any atom is -0.455 e. The molecule has 0 aliphatic rings. The Balaban J connectivity index is 1.70. The molecule has 35 heavy (non-hydrogen) atoms. The van der Waals surface area contributed by atoms with E-state index < -0.39 is 22.1 Å². The Kier molecular flexibility index (Phi) is 6.49. The van der Waals surface area contributed by atoms with Crippen molar-refractivity contribution in [2.24, 2.45) is 0 Å². The molecule has 1 N–H and O–H groups in total. The summed E-state index contributed by atoms with van der Waals surface area (Å²) in [4.78, 5) is 3.52. The summed E-state index contributed by atoms with van der Waals surface area (Å²) in [6.07, 6.45) is -1.09. The van der Waals surface area contributed by atoms with Gasteiger partial charge in [0.2, 0.25) is 5.13 Å². The number of rotatable bonds is 7. The van der Waals surface area contributed by atoms with Crippen molar-refractivity contribution in [3.05, 3.63) is 66.7 Å². The van der Waals surface area contributed by atoms with Gasteiger partial charge >= 0.3 is 6.36 Å². The lowest BCUT2D eigenvalue weighted by Gasteiger charge is -2.15. The second-order valence-electron chi connectivity index (χ2n) is 6.56. The molecule has 0 amide bonds. The summed E-state index contributed by atoms with van der Waals surface area (Å²) < 4.78 is 79.0. The van der Waals surface area contributed by atoms with Crippen LogP contribution in [0.1, 0.15) is 5.56 Å². The van der Waals surface area contributed by atoms with Gasteiger partial charge in [-0.25, -0.2) is 13.4 Å². The molecule has 4 aromatic rings. The normalized spacial score (nSPS) is 11.5. The summed E-state index contributed by atoms with van der Waals surface area (Å²) in [5, 5.41) is 17.0. The molecule has 2 heterocycles. The highest BCUT2D eigenvalue weighted by Crippen LogP contribution is 2.38. The van der Waals surface area contributed by atoms with Gasteiger partial charge < -0.3 is 9.47 Å². The van der Waals surface area contributed by atoms with E-state index in [0.717, 1.165) is 29.7 Å². The molecule has 15 heteroatoms. The van der Waals surface area contributed by atoms with Gasteiger partial charge in [-0.1, -0.05) is 0 Å². The number of ether oxygens (including phenoxy) is 2. The highest BCUT2D eigenvalue weighted by Gasteiger charge is 2.31.